The lowest BCUT2D eigenvalue weighted by molar-refractivity contribution is 0.0956. The van der Waals surface area contributed by atoms with Crippen LogP contribution in [-0.2, 0) is 0 Å². The van der Waals surface area contributed by atoms with Gasteiger partial charge in [-0.3, -0.25) is 4.79 Å². The van der Waals surface area contributed by atoms with Crippen molar-refractivity contribution in [2.24, 2.45) is 5.92 Å². The monoisotopic (exact) mass is 477 g/mol. The number of nitriles is 1. The number of aromatic nitrogens is 2. The number of hydrogen-bond donors (Lipinski definition) is 2. The number of anilines is 1. The number of nitrogens with one attached hydrogen (secondary N) is 2. The Bertz CT molecular complexity index is 699. The summed E-state index contributed by atoms with van der Waals surface area (Å²) in [6.07, 6.45) is 3.94. The molecule has 2 N–H and O–H groups in total. The van der Waals surface area contributed by atoms with Gasteiger partial charge < -0.3 is 25.2 Å². The molecule has 0 radical (unpaired) electrons. The molecule has 1 aromatic heterocycles. The van der Waals surface area contributed by atoms with E-state index >= 15 is 0 Å². The molecule has 1 amide bonds. The van der Waals surface area contributed by atoms with Gasteiger partial charge in [0.15, 0.2) is 0 Å². The van der Waals surface area contributed by atoms with Crippen molar-refractivity contribution in [3.8, 4) is 12.1 Å². The van der Waals surface area contributed by atoms with Crippen LogP contribution in [0.25, 0.3) is 0 Å². The average Bonchev–Trinajstić information content (AvgIpc) is 2.84. The van der Waals surface area contributed by atoms with Gasteiger partial charge in [0.05, 0.1) is 12.7 Å². The van der Waals surface area contributed by atoms with Crippen LogP contribution in [0.1, 0.15) is 57.9 Å². The van der Waals surface area contributed by atoms with E-state index in [-0.39, 0.29) is 11.9 Å². The summed E-state index contributed by atoms with van der Waals surface area (Å²) in [5.41, 5.74) is 0.339. The van der Waals surface area contributed by atoms with Crippen LogP contribution in [0, 0.1) is 17.2 Å². The van der Waals surface area contributed by atoms with Crippen LogP contribution < -0.4 is 20.3 Å². The van der Waals surface area contributed by atoms with Crippen molar-refractivity contribution in [3.63, 3.8) is 0 Å². The second-order valence-corrected chi connectivity index (χ2v) is 7.57. The number of hydrogen-bond acceptors (Lipinski definition) is 8. The molecule has 1 saturated heterocycles. The van der Waals surface area contributed by atoms with Gasteiger partial charge in [-0.25, -0.2) is 0 Å². The van der Waals surface area contributed by atoms with E-state index in [4.69, 9.17) is 10.00 Å². The fourth-order valence-corrected chi connectivity index (χ4v) is 3.12. The smallest absolute Gasteiger partial charge is 0.319 e. The summed E-state index contributed by atoms with van der Waals surface area (Å²) in [5, 5.41) is 13.3. The Labute approximate surface area is 207 Å². The normalized spacial score (nSPS) is 12.9. The lowest BCUT2D eigenvalue weighted by atomic mass is 10.0. The molecule has 0 bridgehead atoms. The largest absolute Gasteiger partial charge is 0.463 e. The van der Waals surface area contributed by atoms with Crippen LogP contribution >= 0.6 is 0 Å². The molecule has 1 fully saturated rings. The van der Waals surface area contributed by atoms with E-state index in [2.05, 4.69) is 58.0 Å². The molecule has 1 aliphatic heterocycles. The van der Waals surface area contributed by atoms with Crippen LogP contribution in [-0.4, -0.2) is 81.2 Å². The summed E-state index contributed by atoms with van der Waals surface area (Å²) in [7, 11) is 5.73. The number of ether oxygens (including phenoxy) is 1. The van der Waals surface area contributed by atoms with Crippen molar-refractivity contribution in [1.29, 1.82) is 5.26 Å². The van der Waals surface area contributed by atoms with Crippen LogP contribution in [0.15, 0.2) is 18.7 Å². The first-order valence-corrected chi connectivity index (χ1v) is 12.1. The highest BCUT2D eigenvalue weighted by Crippen LogP contribution is 2.18. The first kappa shape index (κ1) is 33.5. The van der Waals surface area contributed by atoms with E-state index in [1.54, 1.807) is 25.3 Å². The van der Waals surface area contributed by atoms with Gasteiger partial charge in [0.2, 0.25) is 0 Å². The van der Waals surface area contributed by atoms with E-state index in [1.165, 1.54) is 6.92 Å². The molecule has 0 aliphatic carbocycles. The average molecular weight is 478 g/mol. The molecule has 0 spiro atoms. The maximum Gasteiger partial charge on any atom is 0.319 e. The second-order valence-electron chi connectivity index (χ2n) is 7.57. The van der Waals surface area contributed by atoms with Crippen molar-refractivity contribution in [2.75, 3.05) is 65.4 Å². The number of amides is 1. The zero-order valence-corrected chi connectivity index (χ0v) is 22.6. The summed E-state index contributed by atoms with van der Waals surface area (Å²) < 4.78 is 5.92. The van der Waals surface area contributed by atoms with Crippen molar-refractivity contribution >= 4 is 11.7 Å². The van der Waals surface area contributed by atoms with Gasteiger partial charge in [-0.05, 0) is 27.4 Å². The molecular weight excluding hydrogens is 430 g/mol. The quantitative estimate of drug-likeness (QED) is 0.522. The highest BCUT2D eigenvalue weighted by Gasteiger charge is 2.18. The molecule has 0 saturated carbocycles. The van der Waals surface area contributed by atoms with Crippen LogP contribution in [0.3, 0.4) is 0 Å². The zero-order valence-electron chi connectivity index (χ0n) is 22.6. The van der Waals surface area contributed by atoms with Crippen LogP contribution in [0.4, 0.5) is 5.82 Å². The Morgan fingerprint density at radius 2 is 1.94 bits per heavy atom. The predicted octanol–water partition coefficient (Wildman–Crippen LogP) is 3.35. The van der Waals surface area contributed by atoms with Crippen molar-refractivity contribution in [2.45, 2.75) is 47.5 Å². The maximum atomic E-state index is 12.1. The van der Waals surface area contributed by atoms with Gasteiger partial charge in [0.1, 0.15) is 11.5 Å². The fraction of sp³-hybridized carbons (Fsp3) is 0.680. The number of piperazine rings is 1. The minimum Gasteiger partial charge on any atom is -0.463 e. The lowest BCUT2D eigenvalue weighted by Crippen LogP contribution is -2.44. The highest BCUT2D eigenvalue weighted by molar-refractivity contribution is 5.92. The molecule has 1 atom stereocenters. The molecule has 2 rings (SSSR count). The van der Waals surface area contributed by atoms with E-state index in [1.807, 2.05) is 20.8 Å². The molecule has 34 heavy (non-hydrogen) atoms. The van der Waals surface area contributed by atoms with E-state index in [0.717, 1.165) is 51.4 Å². The summed E-state index contributed by atoms with van der Waals surface area (Å²) in [5.74, 6) is 0.923. The van der Waals surface area contributed by atoms with Gasteiger partial charge in [-0.2, -0.15) is 15.2 Å². The van der Waals surface area contributed by atoms with Crippen molar-refractivity contribution < 1.29 is 9.53 Å². The van der Waals surface area contributed by atoms with E-state index in [9.17, 15) is 4.79 Å². The molecule has 194 valence electrons. The summed E-state index contributed by atoms with van der Waals surface area (Å²) in [6.45, 7) is 17.9. The zero-order chi connectivity index (χ0) is 26.4. The summed E-state index contributed by atoms with van der Waals surface area (Å²) in [4.78, 5) is 25.3. The molecule has 2 heterocycles. The highest BCUT2D eigenvalue weighted by atomic mass is 16.5. The van der Waals surface area contributed by atoms with Gasteiger partial charge in [0, 0.05) is 58.7 Å². The van der Waals surface area contributed by atoms with E-state index < -0.39 is 0 Å². The fourth-order valence-electron chi connectivity index (χ4n) is 3.12. The maximum absolute atomic E-state index is 12.1. The van der Waals surface area contributed by atoms with Gasteiger partial charge in [-0.1, -0.05) is 33.3 Å². The molecule has 1 aromatic rings. The molecule has 1 unspecified atom stereocenters. The third kappa shape index (κ3) is 15.2. The third-order valence-corrected chi connectivity index (χ3v) is 4.36. The third-order valence-electron chi connectivity index (χ3n) is 4.36. The number of carbonyl (C=O) groups excluding carboxylic acids is 1. The Kier molecular flexibility index (Phi) is 21.8. The SMILES string of the molecule is C=CC.CC.CC#N.CCCC(COc1nc(C(=O)NC)cc(N2CCNCC2)n1)CN(C)C. The van der Waals surface area contributed by atoms with E-state index in [0.29, 0.717) is 18.2 Å². The summed E-state index contributed by atoms with van der Waals surface area (Å²) in [6, 6.07) is 3.76. The standard InChI is InChI=1S/C18H32N6O2.C3H6.C2H3N.C2H6/c1-5-6-14(12-23(3)4)13-26-18-21-15(17(25)19-2)11-16(22-18)24-9-7-20-8-10-24;1-3-2;1-2-3;1-2/h11,14,20H,5-10,12-13H2,1-4H3,(H,19,25);3H,1H2,2H3;1H3;1-2H3. The van der Waals surface area contributed by atoms with Gasteiger partial charge in [0.25, 0.3) is 5.91 Å². The Morgan fingerprint density at radius 1 is 1.38 bits per heavy atom. The second kappa shape index (κ2) is 22.1. The molecule has 9 nitrogen and oxygen atoms in total. The molecule has 0 aromatic carbocycles. The number of carbonyl (C=O) groups is 1. The van der Waals surface area contributed by atoms with Crippen molar-refractivity contribution in [3.05, 3.63) is 24.4 Å². The number of nitrogens with zero attached hydrogens (tertiary/aromatic N) is 5. The minimum absolute atomic E-state index is 0.230. The summed E-state index contributed by atoms with van der Waals surface area (Å²) >= 11 is 0. The first-order chi connectivity index (χ1) is 16.4. The lowest BCUT2D eigenvalue weighted by Gasteiger charge is -2.28. The topological polar surface area (TPSA) is 106 Å². The number of rotatable bonds is 9. The van der Waals surface area contributed by atoms with Gasteiger partial charge in [-0.15, -0.1) is 6.58 Å². The Hall–Kier alpha value is -2.70. The first-order valence-electron chi connectivity index (χ1n) is 12.1. The minimum atomic E-state index is -0.230. The number of allylic oxidation sites excluding steroid dienone is 1. The Balaban J connectivity index is 0. The molecule has 9 heteroatoms. The van der Waals surface area contributed by atoms with Crippen LogP contribution in [0.2, 0.25) is 0 Å². The molecule has 1 aliphatic rings. The predicted molar refractivity (Wildman–Crippen MR) is 141 cm³/mol. The van der Waals surface area contributed by atoms with Crippen molar-refractivity contribution in [1.82, 2.24) is 25.5 Å². The Morgan fingerprint density at radius 3 is 2.41 bits per heavy atom. The van der Waals surface area contributed by atoms with Gasteiger partial charge >= 0.3 is 6.01 Å². The van der Waals surface area contributed by atoms with Crippen LogP contribution in [0.5, 0.6) is 6.01 Å². The molecular formula is C25H47N7O2.